The topological polar surface area (TPSA) is 36.9 Å². The van der Waals surface area contributed by atoms with Crippen molar-refractivity contribution in [3.63, 3.8) is 0 Å². The lowest BCUT2D eigenvalue weighted by molar-refractivity contribution is -0.136. The van der Waals surface area contributed by atoms with Crippen molar-refractivity contribution in [3.8, 4) is 0 Å². The van der Waals surface area contributed by atoms with Gasteiger partial charge in [0.2, 0.25) is 8.32 Å². The van der Waals surface area contributed by atoms with Crippen LogP contribution in [0.25, 0.3) is 0 Å². The van der Waals surface area contributed by atoms with Gasteiger partial charge in [-0.05, 0) is 47.3 Å². The minimum absolute atomic E-state index is 0.327. The van der Waals surface area contributed by atoms with Gasteiger partial charge in [0.25, 0.3) is 5.95 Å². The van der Waals surface area contributed by atoms with Crippen molar-refractivity contribution in [2.75, 3.05) is 19.8 Å². The van der Waals surface area contributed by atoms with E-state index >= 15 is 0 Å². The van der Waals surface area contributed by atoms with Gasteiger partial charge >= 0.3 is 0 Å². The highest BCUT2D eigenvalue weighted by Gasteiger charge is 2.20. The molecule has 0 spiro atoms. The molecule has 5 heteroatoms. The molecular formula is C13H28O4Si. The Kier molecular flexibility index (Phi) is 8.31. The van der Waals surface area contributed by atoms with Crippen molar-refractivity contribution in [1.82, 2.24) is 0 Å². The smallest absolute Gasteiger partial charge is 0.266 e. The van der Waals surface area contributed by atoms with Crippen LogP contribution >= 0.6 is 0 Å². The average Bonchev–Trinajstić information content (AvgIpc) is 2.21. The third-order valence-electron chi connectivity index (χ3n) is 1.86. The Labute approximate surface area is 112 Å². The van der Waals surface area contributed by atoms with Crippen LogP contribution in [0.2, 0.25) is 19.6 Å². The first kappa shape index (κ1) is 17.5. The average molecular weight is 276 g/mol. The molecule has 0 aromatic rings. The van der Waals surface area contributed by atoms with Crippen molar-refractivity contribution in [2.24, 2.45) is 0 Å². The number of hydrogen-bond acceptors (Lipinski definition) is 4. The molecule has 0 rings (SSSR count). The van der Waals surface area contributed by atoms with Gasteiger partial charge in [0.05, 0.1) is 13.2 Å². The van der Waals surface area contributed by atoms with Crippen molar-refractivity contribution < 1.29 is 18.6 Å². The molecule has 0 N–H and O–H groups in total. The van der Waals surface area contributed by atoms with E-state index in [9.17, 15) is 0 Å². The molecule has 0 saturated carbocycles. The number of ether oxygens (including phenoxy) is 3. The zero-order valence-corrected chi connectivity index (χ0v) is 13.8. The first-order valence-electron chi connectivity index (χ1n) is 6.48. The second-order valence-electron chi connectivity index (χ2n) is 5.26. The summed E-state index contributed by atoms with van der Waals surface area (Å²) in [5.41, 5.74) is 1.03. The molecule has 4 nitrogen and oxygen atoms in total. The second-order valence-corrected chi connectivity index (χ2v) is 9.68. The Morgan fingerprint density at radius 1 is 1.11 bits per heavy atom. The molecule has 0 saturated heterocycles. The van der Waals surface area contributed by atoms with Crippen LogP contribution in [0.5, 0.6) is 0 Å². The van der Waals surface area contributed by atoms with Gasteiger partial charge in [0.15, 0.2) is 6.29 Å². The van der Waals surface area contributed by atoms with Crippen LogP contribution in [0.1, 0.15) is 27.7 Å². The summed E-state index contributed by atoms with van der Waals surface area (Å²) in [6, 6.07) is 0. The van der Waals surface area contributed by atoms with E-state index in [2.05, 4.69) is 19.6 Å². The minimum atomic E-state index is -1.66. The van der Waals surface area contributed by atoms with Crippen molar-refractivity contribution in [2.45, 2.75) is 53.6 Å². The molecule has 0 aliphatic rings. The van der Waals surface area contributed by atoms with Gasteiger partial charge in [0, 0.05) is 12.2 Å². The van der Waals surface area contributed by atoms with Crippen molar-refractivity contribution >= 4 is 8.32 Å². The Morgan fingerprint density at radius 3 is 2.17 bits per heavy atom. The molecular weight excluding hydrogens is 248 g/mol. The summed E-state index contributed by atoms with van der Waals surface area (Å²) in [4.78, 5) is 0. The van der Waals surface area contributed by atoms with Crippen LogP contribution in [0.15, 0.2) is 11.5 Å². The first-order chi connectivity index (χ1) is 8.26. The predicted molar refractivity (Wildman–Crippen MR) is 75.8 cm³/mol. The van der Waals surface area contributed by atoms with Gasteiger partial charge in [-0.25, -0.2) is 0 Å². The van der Waals surface area contributed by atoms with E-state index in [-0.39, 0.29) is 6.29 Å². The third-order valence-corrected chi connectivity index (χ3v) is 2.66. The summed E-state index contributed by atoms with van der Waals surface area (Å²) >= 11 is 0. The third kappa shape index (κ3) is 9.50. The summed E-state index contributed by atoms with van der Waals surface area (Å²) in [7, 11) is -1.66. The molecule has 0 radical (unpaired) electrons. The minimum Gasteiger partial charge on any atom is -0.520 e. The van der Waals surface area contributed by atoms with E-state index in [1.807, 2.05) is 27.7 Å². The van der Waals surface area contributed by atoms with E-state index in [4.69, 9.17) is 18.6 Å². The fourth-order valence-electron chi connectivity index (χ4n) is 1.12. The fraction of sp³-hybridized carbons (Fsp3) is 0.846. The Bertz CT molecular complexity index is 254. The normalized spacial score (nSPS) is 13.1. The van der Waals surface area contributed by atoms with Gasteiger partial charge < -0.3 is 18.6 Å². The largest absolute Gasteiger partial charge is 0.520 e. The van der Waals surface area contributed by atoms with Crippen LogP contribution in [0, 0.1) is 0 Å². The van der Waals surface area contributed by atoms with Crippen LogP contribution in [0.3, 0.4) is 0 Å². The summed E-state index contributed by atoms with van der Waals surface area (Å²) in [6.45, 7) is 16.0. The van der Waals surface area contributed by atoms with Crippen molar-refractivity contribution in [3.05, 3.63) is 11.5 Å². The predicted octanol–water partition coefficient (Wildman–Crippen LogP) is 3.51. The number of hydrogen-bond donors (Lipinski definition) is 0. The summed E-state index contributed by atoms with van der Waals surface area (Å²) in [5.74, 6) is 0.595. The molecule has 0 aromatic carbocycles. The number of rotatable bonds is 9. The summed E-state index contributed by atoms with van der Waals surface area (Å²) in [6.07, 6.45) is -0.327. The maximum Gasteiger partial charge on any atom is 0.266 e. The Hall–Kier alpha value is -0.523. The standard InChI is InChI=1S/C13H28O4Si/c1-8-14-9-10-15-12(4)16-13(11(2)3)17-18(5,6)7/h12H,8-10H2,1-7H3. The highest BCUT2D eigenvalue weighted by molar-refractivity contribution is 6.70. The Balaban J connectivity index is 4.15. The van der Waals surface area contributed by atoms with Gasteiger partial charge in [-0.3, -0.25) is 0 Å². The van der Waals surface area contributed by atoms with Gasteiger partial charge in [-0.15, -0.1) is 0 Å². The molecule has 0 bridgehead atoms. The summed E-state index contributed by atoms with van der Waals surface area (Å²) in [5, 5.41) is 0. The van der Waals surface area contributed by atoms with E-state index in [0.717, 1.165) is 5.57 Å². The lowest BCUT2D eigenvalue weighted by Crippen LogP contribution is -2.28. The maximum atomic E-state index is 5.88. The molecule has 1 unspecified atom stereocenters. The van der Waals surface area contributed by atoms with Gasteiger partial charge in [-0.1, -0.05) is 0 Å². The number of allylic oxidation sites excluding steroid dienone is 1. The molecule has 0 fully saturated rings. The molecule has 0 aliphatic heterocycles. The van der Waals surface area contributed by atoms with Crippen molar-refractivity contribution in [1.29, 1.82) is 0 Å². The SMILES string of the molecule is CCOCCOC(C)OC(O[Si](C)(C)C)=C(C)C. The quantitative estimate of drug-likeness (QED) is 0.279. The molecule has 108 valence electrons. The monoisotopic (exact) mass is 276 g/mol. The highest BCUT2D eigenvalue weighted by atomic mass is 28.4. The molecule has 0 aromatic heterocycles. The molecule has 0 heterocycles. The second kappa shape index (κ2) is 8.56. The molecule has 0 amide bonds. The van der Waals surface area contributed by atoms with Gasteiger partial charge in [0.1, 0.15) is 0 Å². The maximum absolute atomic E-state index is 5.88. The first-order valence-corrected chi connectivity index (χ1v) is 9.89. The van der Waals surface area contributed by atoms with Crippen LogP contribution in [-0.2, 0) is 18.6 Å². The molecule has 18 heavy (non-hydrogen) atoms. The van der Waals surface area contributed by atoms with Crippen LogP contribution < -0.4 is 0 Å². The molecule has 1 atom stereocenters. The highest BCUT2D eigenvalue weighted by Crippen LogP contribution is 2.17. The van der Waals surface area contributed by atoms with E-state index in [1.54, 1.807) is 0 Å². The fourth-order valence-corrected chi connectivity index (χ4v) is 1.93. The van der Waals surface area contributed by atoms with Gasteiger partial charge in [-0.2, -0.15) is 0 Å². The van der Waals surface area contributed by atoms with E-state index in [0.29, 0.717) is 25.8 Å². The lowest BCUT2D eigenvalue weighted by Gasteiger charge is -2.25. The Morgan fingerprint density at radius 2 is 1.72 bits per heavy atom. The van der Waals surface area contributed by atoms with E-state index in [1.165, 1.54) is 0 Å². The zero-order valence-electron chi connectivity index (χ0n) is 12.8. The van der Waals surface area contributed by atoms with Crippen LogP contribution in [-0.4, -0.2) is 34.4 Å². The lowest BCUT2D eigenvalue weighted by atomic mass is 10.4. The zero-order chi connectivity index (χ0) is 14.2. The summed E-state index contributed by atoms with van der Waals surface area (Å²) < 4.78 is 22.3. The van der Waals surface area contributed by atoms with E-state index < -0.39 is 8.32 Å². The molecule has 0 aliphatic carbocycles. The van der Waals surface area contributed by atoms with Crippen LogP contribution in [0.4, 0.5) is 0 Å².